The fraction of sp³-hybridized carbons (Fsp3) is 0.538. The van der Waals surface area contributed by atoms with Crippen molar-refractivity contribution in [1.29, 1.82) is 0 Å². The first-order valence-electron chi connectivity index (χ1n) is 5.74. The van der Waals surface area contributed by atoms with Crippen LogP contribution in [0.3, 0.4) is 0 Å². The molecule has 90 valence electrons. The highest BCUT2D eigenvalue weighted by Gasteiger charge is 2.18. The summed E-state index contributed by atoms with van der Waals surface area (Å²) in [5.41, 5.74) is 6.76. The molecule has 2 nitrogen and oxygen atoms in total. The molecule has 0 aromatic heterocycles. The van der Waals surface area contributed by atoms with E-state index in [4.69, 9.17) is 17.3 Å². The maximum absolute atomic E-state index is 6.19. The van der Waals surface area contributed by atoms with Crippen LogP contribution >= 0.6 is 11.6 Å². The van der Waals surface area contributed by atoms with Crippen molar-refractivity contribution in [1.82, 2.24) is 4.90 Å². The predicted molar refractivity (Wildman–Crippen MR) is 70.8 cm³/mol. The van der Waals surface area contributed by atoms with Gasteiger partial charge in [0.05, 0.1) is 0 Å². The summed E-state index contributed by atoms with van der Waals surface area (Å²) in [4.78, 5) is 2.31. The molecule has 0 spiro atoms. The fourth-order valence-corrected chi connectivity index (χ4v) is 2.15. The molecule has 2 unspecified atom stereocenters. The molecular weight excluding hydrogens is 220 g/mol. The van der Waals surface area contributed by atoms with Gasteiger partial charge in [-0.05, 0) is 45.5 Å². The first-order chi connectivity index (χ1) is 7.57. The lowest BCUT2D eigenvalue weighted by Crippen LogP contribution is -2.33. The van der Waals surface area contributed by atoms with Crippen molar-refractivity contribution in [3.63, 3.8) is 0 Å². The molecule has 16 heavy (non-hydrogen) atoms. The van der Waals surface area contributed by atoms with E-state index in [1.807, 2.05) is 18.2 Å². The average Bonchev–Trinajstić information content (AvgIpc) is 2.28. The van der Waals surface area contributed by atoms with Gasteiger partial charge in [-0.3, -0.25) is 4.90 Å². The van der Waals surface area contributed by atoms with Crippen LogP contribution in [0.2, 0.25) is 5.02 Å². The van der Waals surface area contributed by atoms with Crippen LogP contribution < -0.4 is 5.73 Å². The van der Waals surface area contributed by atoms with Crippen LogP contribution in [0.15, 0.2) is 24.3 Å². The number of hydrogen-bond donors (Lipinski definition) is 1. The zero-order chi connectivity index (χ0) is 12.1. The molecule has 0 saturated carbocycles. The molecule has 1 aromatic rings. The van der Waals surface area contributed by atoms with Crippen LogP contribution in [-0.2, 0) is 0 Å². The Kier molecular flexibility index (Phi) is 5.26. The van der Waals surface area contributed by atoms with Crippen LogP contribution in [-0.4, -0.2) is 24.5 Å². The summed E-state index contributed by atoms with van der Waals surface area (Å²) in [5.74, 6) is 0. The molecule has 0 amide bonds. The van der Waals surface area contributed by atoms with Gasteiger partial charge in [0.25, 0.3) is 0 Å². The molecule has 0 aliphatic rings. The van der Waals surface area contributed by atoms with Gasteiger partial charge in [0, 0.05) is 17.1 Å². The first-order valence-corrected chi connectivity index (χ1v) is 6.12. The van der Waals surface area contributed by atoms with Crippen molar-refractivity contribution in [2.45, 2.75) is 32.4 Å². The lowest BCUT2D eigenvalue weighted by Gasteiger charge is -2.31. The number of benzene rings is 1. The molecule has 0 bridgehead atoms. The molecule has 2 atom stereocenters. The minimum atomic E-state index is 0.315. The van der Waals surface area contributed by atoms with Crippen molar-refractivity contribution in [3.8, 4) is 0 Å². The third-order valence-electron chi connectivity index (χ3n) is 3.25. The van der Waals surface area contributed by atoms with Gasteiger partial charge in [-0.1, -0.05) is 29.8 Å². The van der Waals surface area contributed by atoms with E-state index in [2.05, 4.69) is 31.9 Å². The number of hydrogen-bond acceptors (Lipinski definition) is 2. The molecule has 0 aliphatic carbocycles. The Bertz CT molecular complexity index is 327. The normalized spacial score (nSPS) is 15.1. The third kappa shape index (κ3) is 3.21. The molecule has 1 rings (SSSR count). The van der Waals surface area contributed by atoms with E-state index in [1.54, 1.807) is 0 Å². The van der Waals surface area contributed by atoms with Gasteiger partial charge < -0.3 is 5.73 Å². The summed E-state index contributed by atoms with van der Waals surface area (Å²) in [6.45, 7) is 5.09. The molecular formula is C13H21ClN2. The van der Waals surface area contributed by atoms with Gasteiger partial charge in [-0.25, -0.2) is 0 Å². The summed E-state index contributed by atoms with van der Waals surface area (Å²) in [6, 6.07) is 8.79. The summed E-state index contributed by atoms with van der Waals surface area (Å²) < 4.78 is 0. The van der Waals surface area contributed by atoms with Gasteiger partial charge in [0.2, 0.25) is 0 Å². The molecule has 2 N–H and O–H groups in total. The van der Waals surface area contributed by atoms with Crippen molar-refractivity contribution < 1.29 is 0 Å². The molecule has 0 radical (unpaired) electrons. The predicted octanol–water partition coefficient (Wildman–Crippen LogP) is 3.07. The van der Waals surface area contributed by atoms with Crippen molar-refractivity contribution >= 4 is 11.6 Å². The number of halogens is 1. The Labute approximate surface area is 103 Å². The van der Waals surface area contributed by atoms with Crippen molar-refractivity contribution in [2.24, 2.45) is 5.73 Å². The van der Waals surface area contributed by atoms with Crippen LogP contribution in [0.5, 0.6) is 0 Å². The van der Waals surface area contributed by atoms with Crippen molar-refractivity contribution in [3.05, 3.63) is 34.9 Å². The largest absolute Gasteiger partial charge is 0.330 e. The highest BCUT2D eigenvalue weighted by atomic mass is 35.5. The zero-order valence-electron chi connectivity index (χ0n) is 10.3. The van der Waals surface area contributed by atoms with E-state index in [0.29, 0.717) is 12.1 Å². The molecule has 0 fully saturated rings. The number of nitrogens with two attached hydrogens (primary N) is 1. The average molecular weight is 241 g/mol. The highest BCUT2D eigenvalue weighted by Crippen LogP contribution is 2.27. The fourth-order valence-electron chi connectivity index (χ4n) is 1.86. The monoisotopic (exact) mass is 240 g/mol. The lowest BCUT2D eigenvalue weighted by atomic mass is 10.0. The number of rotatable bonds is 5. The summed E-state index contributed by atoms with van der Waals surface area (Å²) in [7, 11) is 2.12. The summed E-state index contributed by atoms with van der Waals surface area (Å²) >= 11 is 6.19. The standard InChI is InChI=1S/C13H21ClN2/c1-10(8-9-15)16(3)11(2)12-6-4-5-7-13(12)14/h4-7,10-11H,8-9,15H2,1-3H3. The first kappa shape index (κ1) is 13.5. The van der Waals surface area contributed by atoms with E-state index < -0.39 is 0 Å². The SMILES string of the molecule is CC(CCN)N(C)C(C)c1ccccc1Cl. The minimum Gasteiger partial charge on any atom is -0.330 e. The maximum atomic E-state index is 6.19. The van der Waals surface area contributed by atoms with Gasteiger partial charge in [0.1, 0.15) is 0 Å². The van der Waals surface area contributed by atoms with Gasteiger partial charge in [-0.2, -0.15) is 0 Å². The van der Waals surface area contributed by atoms with E-state index in [1.165, 1.54) is 5.56 Å². The Balaban J connectivity index is 2.77. The molecule has 0 aliphatic heterocycles. The maximum Gasteiger partial charge on any atom is 0.0453 e. The Hall–Kier alpha value is -0.570. The zero-order valence-corrected chi connectivity index (χ0v) is 11.0. The van der Waals surface area contributed by atoms with E-state index in [-0.39, 0.29) is 0 Å². The second-order valence-corrected chi connectivity index (χ2v) is 4.70. The molecule has 3 heteroatoms. The summed E-state index contributed by atoms with van der Waals surface area (Å²) in [5, 5.41) is 0.835. The van der Waals surface area contributed by atoms with Crippen molar-refractivity contribution in [2.75, 3.05) is 13.6 Å². The van der Waals surface area contributed by atoms with Crippen LogP contribution in [0, 0.1) is 0 Å². The highest BCUT2D eigenvalue weighted by molar-refractivity contribution is 6.31. The molecule has 0 saturated heterocycles. The van der Waals surface area contributed by atoms with Gasteiger partial charge in [-0.15, -0.1) is 0 Å². The number of nitrogens with zero attached hydrogens (tertiary/aromatic N) is 1. The Morgan fingerprint density at radius 1 is 1.31 bits per heavy atom. The lowest BCUT2D eigenvalue weighted by molar-refractivity contribution is 0.190. The third-order valence-corrected chi connectivity index (χ3v) is 3.59. The van der Waals surface area contributed by atoms with E-state index in [9.17, 15) is 0 Å². The van der Waals surface area contributed by atoms with Crippen LogP contribution in [0.25, 0.3) is 0 Å². The smallest absolute Gasteiger partial charge is 0.0453 e. The second-order valence-electron chi connectivity index (χ2n) is 4.29. The second kappa shape index (κ2) is 6.24. The van der Waals surface area contributed by atoms with Crippen LogP contribution in [0.4, 0.5) is 0 Å². The van der Waals surface area contributed by atoms with E-state index >= 15 is 0 Å². The quantitative estimate of drug-likeness (QED) is 0.857. The topological polar surface area (TPSA) is 29.3 Å². The van der Waals surface area contributed by atoms with Gasteiger partial charge >= 0.3 is 0 Å². The molecule has 1 aromatic carbocycles. The minimum absolute atomic E-state index is 0.315. The Morgan fingerprint density at radius 3 is 2.50 bits per heavy atom. The summed E-state index contributed by atoms with van der Waals surface area (Å²) in [6.07, 6.45) is 1.01. The Morgan fingerprint density at radius 2 is 1.94 bits per heavy atom. The van der Waals surface area contributed by atoms with E-state index in [0.717, 1.165) is 18.0 Å². The van der Waals surface area contributed by atoms with Gasteiger partial charge in [0.15, 0.2) is 0 Å². The molecule has 0 heterocycles. The van der Waals surface area contributed by atoms with Crippen LogP contribution in [0.1, 0.15) is 31.9 Å².